The Labute approximate surface area is 124 Å². The Balaban J connectivity index is 1.79. The van der Waals surface area contributed by atoms with Gasteiger partial charge in [0.15, 0.2) is 6.61 Å². The third-order valence-electron chi connectivity index (χ3n) is 3.82. The summed E-state index contributed by atoms with van der Waals surface area (Å²) in [6.45, 7) is 4.88. The topological polar surface area (TPSA) is 72.6 Å². The first-order valence-electron chi connectivity index (χ1n) is 7.43. The molecule has 1 fully saturated rings. The molecular formula is C15H22N2O4. The van der Waals surface area contributed by atoms with E-state index in [0.29, 0.717) is 11.5 Å². The number of rotatable bonds is 4. The van der Waals surface area contributed by atoms with Crippen molar-refractivity contribution in [2.45, 2.75) is 46.0 Å². The van der Waals surface area contributed by atoms with Crippen molar-refractivity contribution < 1.29 is 18.8 Å². The maximum Gasteiger partial charge on any atom is 0.310 e. The molecule has 2 rings (SSSR count). The average Bonchev–Trinajstić information content (AvgIpc) is 2.71. The second-order valence-corrected chi connectivity index (χ2v) is 5.44. The van der Waals surface area contributed by atoms with E-state index in [-0.39, 0.29) is 18.9 Å². The predicted molar refractivity (Wildman–Crippen MR) is 75.7 cm³/mol. The number of hydrogen-bond donors (Lipinski definition) is 0. The Morgan fingerprint density at radius 2 is 1.86 bits per heavy atom. The van der Waals surface area contributed by atoms with Gasteiger partial charge < -0.3 is 14.2 Å². The summed E-state index contributed by atoms with van der Waals surface area (Å²) in [7, 11) is 0. The number of hydrogen-bond acceptors (Lipinski definition) is 5. The van der Waals surface area contributed by atoms with Gasteiger partial charge in [-0.3, -0.25) is 9.59 Å². The van der Waals surface area contributed by atoms with Crippen molar-refractivity contribution >= 4 is 11.9 Å². The largest absolute Gasteiger partial charge is 0.455 e. The minimum Gasteiger partial charge on any atom is -0.455 e. The van der Waals surface area contributed by atoms with Crippen LogP contribution < -0.4 is 0 Å². The first-order chi connectivity index (χ1) is 10.1. The standard InChI is InChI=1S/C15H22N2O4/c1-11-13(12(2)21-16-11)9-15(19)20-10-14(18)17-7-5-3-4-6-8-17/h3-10H2,1-2H3. The molecule has 1 aromatic rings. The number of carbonyl (C=O) groups excluding carboxylic acids is 2. The molecule has 1 aliphatic rings. The molecule has 0 unspecified atom stereocenters. The molecule has 1 aromatic heterocycles. The van der Waals surface area contributed by atoms with Crippen LogP contribution in [0.4, 0.5) is 0 Å². The van der Waals surface area contributed by atoms with Crippen molar-refractivity contribution in [1.82, 2.24) is 10.1 Å². The number of carbonyl (C=O) groups is 2. The van der Waals surface area contributed by atoms with Crippen LogP contribution in [0.5, 0.6) is 0 Å². The van der Waals surface area contributed by atoms with E-state index in [4.69, 9.17) is 9.26 Å². The highest BCUT2D eigenvalue weighted by Crippen LogP contribution is 2.13. The number of ether oxygens (including phenoxy) is 1. The zero-order chi connectivity index (χ0) is 15.2. The molecule has 0 atom stereocenters. The Morgan fingerprint density at radius 3 is 2.43 bits per heavy atom. The molecule has 1 saturated heterocycles. The maximum absolute atomic E-state index is 12.0. The molecule has 6 heteroatoms. The number of aromatic nitrogens is 1. The zero-order valence-corrected chi connectivity index (χ0v) is 12.7. The second-order valence-electron chi connectivity index (χ2n) is 5.44. The fourth-order valence-electron chi connectivity index (χ4n) is 2.50. The lowest BCUT2D eigenvalue weighted by atomic mass is 10.1. The summed E-state index contributed by atoms with van der Waals surface area (Å²) in [6, 6.07) is 0. The van der Waals surface area contributed by atoms with Crippen LogP contribution in [-0.4, -0.2) is 41.6 Å². The highest BCUT2D eigenvalue weighted by molar-refractivity contribution is 5.81. The molecule has 1 amide bonds. The van der Waals surface area contributed by atoms with Crippen LogP contribution in [0.2, 0.25) is 0 Å². The number of aryl methyl sites for hydroxylation is 2. The summed E-state index contributed by atoms with van der Waals surface area (Å²) < 4.78 is 10.1. The van der Waals surface area contributed by atoms with E-state index in [9.17, 15) is 9.59 Å². The summed E-state index contributed by atoms with van der Waals surface area (Å²) in [6.07, 6.45) is 4.47. The summed E-state index contributed by atoms with van der Waals surface area (Å²) in [4.78, 5) is 25.6. The molecule has 2 heterocycles. The molecule has 0 aliphatic carbocycles. The molecular weight excluding hydrogens is 272 g/mol. The summed E-state index contributed by atoms with van der Waals surface area (Å²) in [5, 5.41) is 3.79. The molecule has 21 heavy (non-hydrogen) atoms. The van der Waals surface area contributed by atoms with Crippen LogP contribution in [0.3, 0.4) is 0 Å². The lowest BCUT2D eigenvalue weighted by Gasteiger charge is -2.19. The number of nitrogens with zero attached hydrogens (tertiary/aromatic N) is 2. The van der Waals surface area contributed by atoms with Gasteiger partial charge in [0.2, 0.25) is 0 Å². The Hall–Kier alpha value is -1.85. The Kier molecular flexibility index (Phi) is 5.36. The van der Waals surface area contributed by atoms with Crippen LogP contribution in [0, 0.1) is 13.8 Å². The predicted octanol–water partition coefficient (Wildman–Crippen LogP) is 1.78. The van der Waals surface area contributed by atoms with Crippen LogP contribution in [-0.2, 0) is 20.7 Å². The van der Waals surface area contributed by atoms with Crippen LogP contribution >= 0.6 is 0 Å². The first-order valence-corrected chi connectivity index (χ1v) is 7.43. The van der Waals surface area contributed by atoms with Gasteiger partial charge in [-0.25, -0.2) is 0 Å². The fourth-order valence-corrected chi connectivity index (χ4v) is 2.50. The second kappa shape index (κ2) is 7.24. The minimum absolute atomic E-state index is 0.0917. The molecule has 0 saturated carbocycles. The quantitative estimate of drug-likeness (QED) is 0.791. The van der Waals surface area contributed by atoms with Crippen LogP contribution in [0.1, 0.15) is 42.7 Å². The zero-order valence-electron chi connectivity index (χ0n) is 12.7. The third kappa shape index (κ3) is 4.31. The molecule has 1 aliphatic heterocycles. The monoisotopic (exact) mass is 294 g/mol. The smallest absolute Gasteiger partial charge is 0.310 e. The molecule has 0 aromatic carbocycles. The highest BCUT2D eigenvalue weighted by Gasteiger charge is 2.19. The molecule has 0 radical (unpaired) electrons. The SMILES string of the molecule is Cc1noc(C)c1CC(=O)OCC(=O)N1CCCCCC1. The van der Waals surface area contributed by atoms with Crippen molar-refractivity contribution in [1.29, 1.82) is 0 Å². The van der Waals surface area contributed by atoms with Gasteiger partial charge in [-0.15, -0.1) is 0 Å². The summed E-state index contributed by atoms with van der Waals surface area (Å²) in [5.74, 6) is 0.0832. The lowest BCUT2D eigenvalue weighted by molar-refractivity contribution is -0.151. The van der Waals surface area contributed by atoms with Crippen molar-refractivity contribution in [3.8, 4) is 0 Å². The maximum atomic E-state index is 12.0. The number of likely N-dealkylation sites (tertiary alicyclic amines) is 1. The van der Waals surface area contributed by atoms with Gasteiger partial charge in [0.25, 0.3) is 5.91 Å². The fraction of sp³-hybridized carbons (Fsp3) is 0.667. The molecule has 6 nitrogen and oxygen atoms in total. The Morgan fingerprint density at radius 1 is 1.19 bits per heavy atom. The number of amides is 1. The van der Waals surface area contributed by atoms with E-state index in [1.807, 2.05) is 0 Å². The van der Waals surface area contributed by atoms with Crippen molar-refractivity contribution in [3.05, 3.63) is 17.0 Å². The Bertz CT molecular complexity index is 482. The van der Waals surface area contributed by atoms with Gasteiger partial charge in [0.05, 0.1) is 12.1 Å². The van der Waals surface area contributed by atoms with E-state index in [2.05, 4.69) is 5.16 Å². The van der Waals surface area contributed by atoms with Crippen LogP contribution in [0.15, 0.2) is 4.52 Å². The third-order valence-corrected chi connectivity index (χ3v) is 3.82. The van der Waals surface area contributed by atoms with Crippen molar-refractivity contribution in [2.75, 3.05) is 19.7 Å². The van der Waals surface area contributed by atoms with Gasteiger partial charge >= 0.3 is 5.97 Å². The summed E-state index contributed by atoms with van der Waals surface area (Å²) >= 11 is 0. The molecule has 0 spiro atoms. The van der Waals surface area contributed by atoms with Gasteiger partial charge in [0, 0.05) is 18.7 Å². The van der Waals surface area contributed by atoms with E-state index in [1.165, 1.54) is 0 Å². The van der Waals surface area contributed by atoms with Gasteiger partial charge in [-0.05, 0) is 26.7 Å². The van der Waals surface area contributed by atoms with Gasteiger partial charge in [-0.1, -0.05) is 18.0 Å². The normalized spacial score (nSPS) is 15.6. The molecule has 0 bridgehead atoms. The molecule has 0 N–H and O–H groups in total. The lowest BCUT2D eigenvalue weighted by Crippen LogP contribution is -2.35. The highest BCUT2D eigenvalue weighted by atomic mass is 16.5. The van der Waals surface area contributed by atoms with Gasteiger partial charge in [0.1, 0.15) is 5.76 Å². The first kappa shape index (κ1) is 15.5. The number of esters is 1. The summed E-state index contributed by atoms with van der Waals surface area (Å²) in [5.41, 5.74) is 1.42. The minimum atomic E-state index is -0.424. The van der Waals surface area contributed by atoms with Crippen molar-refractivity contribution in [3.63, 3.8) is 0 Å². The molecule has 116 valence electrons. The van der Waals surface area contributed by atoms with E-state index in [0.717, 1.165) is 44.3 Å². The van der Waals surface area contributed by atoms with E-state index >= 15 is 0 Å². The average molecular weight is 294 g/mol. The van der Waals surface area contributed by atoms with E-state index in [1.54, 1.807) is 18.7 Å². The van der Waals surface area contributed by atoms with Crippen molar-refractivity contribution in [2.24, 2.45) is 0 Å². The van der Waals surface area contributed by atoms with Crippen LogP contribution in [0.25, 0.3) is 0 Å². The van der Waals surface area contributed by atoms with E-state index < -0.39 is 5.97 Å². The van der Waals surface area contributed by atoms with Gasteiger partial charge in [-0.2, -0.15) is 0 Å².